The summed E-state index contributed by atoms with van der Waals surface area (Å²) in [5.41, 5.74) is 0.0571. The van der Waals surface area contributed by atoms with Crippen LogP contribution in [0.5, 0.6) is 0 Å². The predicted molar refractivity (Wildman–Crippen MR) is 74.1 cm³/mol. The number of hydrogen-bond donors (Lipinski definition) is 2. The zero-order valence-corrected chi connectivity index (χ0v) is 11.8. The molecule has 0 spiro atoms. The summed E-state index contributed by atoms with van der Waals surface area (Å²) < 4.78 is 0. The first-order valence-corrected chi connectivity index (χ1v) is 6.97. The molecule has 8 heteroatoms. The quantitative estimate of drug-likeness (QED) is 0.856. The maximum atomic E-state index is 12.1. The fourth-order valence-electron chi connectivity index (χ4n) is 1.91. The number of anilines is 1. The molecular weight excluding hydrogens is 282 g/mol. The van der Waals surface area contributed by atoms with Gasteiger partial charge >= 0.3 is 12.0 Å². The van der Waals surface area contributed by atoms with Crippen LogP contribution in [0.25, 0.3) is 0 Å². The van der Waals surface area contributed by atoms with Gasteiger partial charge in [0.05, 0.1) is 5.56 Å². The molecular formula is C12H15N3O4S. The second kappa shape index (κ2) is 5.91. The number of thiophene rings is 1. The van der Waals surface area contributed by atoms with Gasteiger partial charge in [-0.1, -0.05) is 0 Å². The molecule has 1 fully saturated rings. The number of carboxylic acids is 1. The van der Waals surface area contributed by atoms with Crippen LogP contribution in [0.4, 0.5) is 9.80 Å². The molecule has 1 aromatic rings. The Morgan fingerprint density at radius 3 is 2.85 bits per heavy atom. The normalized spacial score (nSPS) is 15.9. The Hall–Kier alpha value is -2.09. The number of nitrogens with zero attached hydrogens (tertiary/aromatic N) is 2. The number of nitrogens with one attached hydrogen (secondary N) is 1. The van der Waals surface area contributed by atoms with Crippen LogP contribution in [0.15, 0.2) is 11.4 Å². The maximum Gasteiger partial charge on any atom is 0.338 e. The number of carbonyl (C=O) groups is 3. The number of likely N-dealkylation sites (N-methyl/N-ethyl adjacent to an activating group) is 1. The minimum Gasteiger partial charge on any atom is -0.478 e. The van der Waals surface area contributed by atoms with Crippen molar-refractivity contribution in [2.24, 2.45) is 0 Å². The highest BCUT2D eigenvalue weighted by Crippen LogP contribution is 2.23. The fraction of sp³-hybridized carbons (Fsp3) is 0.417. The summed E-state index contributed by atoms with van der Waals surface area (Å²) in [5.74, 6) is -1.21. The smallest absolute Gasteiger partial charge is 0.338 e. The van der Waals surface area contributed by atoms with E-state index in [1.54, 1.807) is 17.3 Å². The molecule has 2 N–H and O–H groups in total. The van der Waals surface area contributed by atoms with Crippen molar-refractivity contribution in [1.29, 1.82) is 0 Å². The molecule has 3 amide bonds. The summed E-state index contributed by atoms with van der Waals surface area (Å²) >= 11 is 1.14. The van der Waals surface area contributed by atoms with Gasteiger partial charge in [0.2, 0.25) is 5.91 Å². The molecule has 0 aromatic carbocycles. The average molecular weight is 297 g/mol. The van der Waals surface area contributed by atoms with Gasteiger partial charge in [0, 0.05) is 20.1 Å². The monoisotopic (exact) mass is 297 g/mol. The van der Waals surface area contributed by atoms with Crippen LogP contribution in [-0.4, -0.2) is 59.5 Å². The van der Waals surface area contributed by atoms with Crippen molar-refractivity contribution in [3.05, 3.63) is 17.0 Å². The number of rotatable bonds is 2. The van der Waals surface area contributed by atoms with Gasteiger partial charge in [-0.3, -0.25) is 10.1 Å². The maximum absolute atomic E-state index is 12.1. The van der Waals surface area contributed by atoms with Gasteiger partial charge < -0.3 is 14.9 Å². The highest BCUT2D eigenvalue weighted by atomic mass is 32.1. The number of hydrogen-bond acceptors (Lipinski definition) is 4. The predicted octanol–water partition coefficient (Wildman–Crippen LogP) is 1.14. The zero-order chi connectivity index (χ0) is 14.7. The third-order valence-electron chi connectivity index (χ3n) is 3.08. The molecule has 1 saturated heterocycles. The summed E-state index contributed by atoms with van der Waals surface area (Å²) in [4.78, 5) is 37.8. The molecule has 0 radical (unpaired) electrons. The highest BCUT2D eigenvalue weighted by molar-refractivity contribution is 7.14. The lowest BCUT2D eigenvalue weighted by Gasteiger charge is -2.20. The Labute approximate surface area is 119 Å². The van der Waals surface area contributed by atoms with E-state index >= 15 is 0 Å². The average Bonchev–Trinajstić information content (AvgIpc) is 2.78. The van der Waals surface area contributed by atoms with Crippen LogP contribution in [0.2, 0.25) is 0 Å². The number of carboxylic acid groups (broad SMARTS) is 1. The molecule has 108 valence electrons. The van der Waals surface area contributed by atoms with E-state index < -0.39 is 12.0 Å². The molecule has 0 saturated carbocycles. The topological polar surface area (TPSA) is 89.9 Å². The van der Waals surface area contributed by atoms with E-state index in [4.69, 9.17) is 5.11 Å². The summed E-state index contributed by atoms with van der Waals surface area (Å²) in [6.07, 6.45) is 0.700. The van der Waals surface area contributed by atoms with Gasteiger partial charge in [-0.25, -0.2) is 9.59 Å². The van der Waals surface area contributed by atoms with Crippen molar-refractivity contribution < 1.29 is 19.5 Å². The summed E-state index contributed by atoms with van der Waals surface area (Å²) in [5, 5.41) is 13.4. The second-order valence-corrected chi connectivity index (χ2v) is 5.41. The second-order valence-electron chi connectivity index (χ2n) is 4.49. The highest BCUT2D eigenvalue weighted by Gasteiger charge is 2.24. The Kier molecular flexibility index (Phi) is 4.23. The molecule has 0 atom stereocenters. The van der Waals surface area contributed by atoms with E-state index in [0.717, 1.165) is 11.3 Å². The van der Waals surface area contributed by atoms with Gasteiger partial charge in [0.15, 0.2) is 0 Å². The van der Waals surface area contributed by atoms with E-state index in [2.05, 4.69) is 5.32 Å². The summed E-state index contributed by atoms with van der Waals surface area (Å²) in [6, 6.07) is 0.989. The SMILES string of the molecule is CN1CCCN(C(=O)Nc2sccc2C(=O)O)CC1=O. The van der Waals surface area contributed by atoms with Gasteiger partial charge in [-0.2, -0.15) is 0 Å². The zero-order valence-electron chi connectivity index (χ0n) is 11.0. The van der Waals surface area contributed by atoms with Crippen molar-refractivity contribution in [1.82, 2.24) is 9.80 Å². The molecule has 2 rings (SSSR count). The number of urea groups is 1. The van der Waals surface area contributed by atoms with Crippen LogP contribution in [-0.2, 0) is 4.79 Å². The molecule has 20 heavy (non-hydrogen) atoms. The summed E-state index contributed by atoms with van der Waals surface area (Å²) in [7, 11) is 1.70. The lowest BCUT2D eigenvalue weighted by atomic mass is 10.3. The van der Waals surface area contributed by atoms with E-state index in [9.17, 15) is 14.4 Å². The fourth-order valence-corrected chi connectivity index (χ4v) is 2.68. The van der Waals surface area contributed by atoms with E-state index in [0.29, 0.717) is 19.5 Å². The van der Waals surface area contributed by atoms with Crippen LogP contribution < -0.4 is 5.32 Å². The minimum absolute atomic E-state index is 0.0100. The lowest BCUT2D eigenvalue weighted by Crippen LogP contribution is -2.40. The van der Waals surface area contributed by atoms with Gasteiger partial charge in [0.25, 0.3) is 0 Å². The Morgan fingerprint density at radius 1 is 1.40 bits per heavy atom. The van der Waals surface area contributed by atoms with Crippen LogP contribution in [0, 0.1) is 0 Å². The molecule has 1 aliphatic heterocycles. The third-order valence-corrected chi connectivity index (χ3v) is 3.91. The van der Waals surface area contributed by atoms with E-state index in [-0.39, 0.29) is 23.0 Å². The standard InChI is InChI=1S/C12H15N3O4S/c1-14-4-2-5-15(7-9(14)16)12(19)13-10-8(11(17)18)3-6-20-10/h3,6H,2,4-5,7H2,1H3,(H,13,19)(H,17,18). The summed E-state index contributed by atoms with van der Waals surface area (Å²) in [6.45, 7) is 1.09. The lowest BCUT2D eigenvalue weighted by molar-refractivity contribution is -0.129. The first-order valence-electron chi connectivity index (χ1n) is 6.09. The molecule has 2 heterocycles. The Bertz CT molecular complexity index is 543. The van der Waals surface area contributed by atoms with Crippen molar-refractivity contribution in [2.75, 3.05) is 32.0 Å². The van der Waals surface area contributed by atoms with Gasteiger partial charge in [-0.15, -0.1) is 11.3 Å². The van der Waals surface area contributed by atoms with Gasteiger partial charge in [-0.05, 0) is 17.9 Å². The first-order chi connectivity index (χ1) is 9.49. The third kappa shape index (κ3) is 3.08. The molecule has 7 nitrogen and oxygen atoms in total. The van der Waals surface area contributed by atoms with Crippen LogP contribution in [0.1, 0.15) is 16.8 Å². The van der Waals surface area contributed by atoms with E-state index in [1.165, 1.54) is 11.0 Å². The van der Waals surface area contributed by atoms with Crippen molar-refractivity contribution in [3.63, 3.8) is 0 Å². The molecule has 0 unspecified atom stereocenters. The Balaban J connectivity index is 2.06. The number of aromatic carboxylic acids is 1. The largest absolute Gasteiger partial charge is 0.478 e. The minimum atomic E-state index is -1.09. The van der Waals surface area contributed by atoms with Gasteiger partial charge in [0.1, 0.15) is 11.5 Å². The molecule has 0 bridgehead atoms. The molecule has 0 aliphatic carbocycles. The van der Waals surface area contributed by atoms with Crippen molar-refractivity contribution in [3.8, 4) is 0 Å². The number of amides is 3. The number of carbonyl (C=O) groups excluding carboxylic acids is 2. The Morgan fingerprint density at radius 2 is 2.15 bits per heavy atom. The first kappa shape index (κ1) is 14.3. The van der Waals surface area contributed by atoms with Crippen LogP contribution in [0.3, 0.4) is 0 Å². The van der Waals surface area contributed by atoms with Crippen LogP contribution >= 0.6 is 11.3 Å². The molecule has 1 aromatic heterocycles. The van der Waals surface area contributed by atoms with E-state index in [1.807, 2.05) is 0 Å². The van der Waals surface area contributed by atoms with Crippen molar-refractivity contribution >= 4 is 34.2 Å². The molecule has 1 aliphatic rings. The van der Waals surface area contributed by atoms with Crippen molar-refractivity contribution in [2.45, 2.75) is 6.42 Å².